The zero-order valence-corrected chi connectivity index (χ0v) is 18.8. The molecular formula is C25H24B2N3Si. The second-order valence-corrected chi connectivity index (χ2v) is 9.18. The third-order valence-corrected chi connectivity index (χ3v) is 7.51. The van der Waals surface area contributed by atoms with Crippen molar-refractivity contribution in [3.8, 4) is 0 Å². The minimum Gasteiger partial charge on any atom is -0.412 e. The molecule has 0 saturated carbocycles. The molecule has 5 rings (SSSR count). The molecule has 0 N–H and O–H groups in total. The zero-order chi connectivity index (χ0) is 21.0. The summed E-state index contributed by atoms with van der Waals surface area (Å²) in [6, 6.07) is 43.3. The lowest BCUT2D eigenvalue weighted by Crippen LogP contribution is -2.79. The van der Waals surface area contributed by atoms with E-state index in [1.54, 1.807) is 0 Å². The summed E-state index contributed by atoms with van der Waals surface area (Å²) in [6.07, 6.45) is 0. The van der Waals surface area contributed by atoms with E-state index >= 15 is 0 Å². The second kappa shape index (κ2) is 8.88. The SMILES string of the molecule is CN1B(c2ccccc2)N(c2ccccc2)[SiH]N(c2ccccc2)B1c1ccccc1. The normalized spacial score (nSPS) is 14.7. The maximum Gasteiger partial charge on any atom is 0.361 e. The van der Waals surface area contributed by atoms with Crippen LogP contribution in [-0.2, 0) is 0 Å². The summed E-state index contributed by atoms with van der Waals surface area (Å²) >= 11 is 0. The predicted molar refractivity (Wildman–Crippen MR) is 136 cm³/mol. The van der Waals surface area contributed by atoms with Gasteiger partial charge in [-0.2, -0.15) is 0 Å². The summed E-state index contributed by atoms with van der Waals surface area (Å²) in [4.78, 5) is 0. The van der Waals surface area contributed by atoms with Gasteiger partial charge in [0.05, 0.1) is 0 Å². The molecule has 4 aromatic carbocycles. The van der Waals surface area contributed by atoms with Crippen molar-refractivity contribution < 1.29 is 0 Å². The van der Waals surface area contributed by atoms with Gasteiger partial charge in [-0.3, -0.25) is 0 Å². The molecule has 1 aliphatic heterocycles. The van der Waals surface area contributed by atoms with Gasteiger partial charge in [0.1, 0.15) is 0 Å². The lowest BCUT2D eigenvalue weighted by atomic mass is 9.53. The predicted octanol–water partition coefficient (Wildman–Crippen LogP) is 3.00. The van der Waals surface area contributed by atoms with Gasteiger partial charge in [0.15, 0.2) is 0 Å². The maximum atomic E-state index is 2.57. The Balaban J connectivity index is 1.66. The molecule has 1 aliphatic rings. The Hall–Kier alpha value is -3.21. The zero-order valence-electron chi connectivity index (χ0n) is 17.6. The van der Waals surface area contributed by atoms with Crippen LogP contribution in [0.3, 0.4) is 0 Å². The summed E-state index contributed by atoms with van der Waals surface area (Å²) in [5.41, 5.74) is 5.14. The molecule has 3 nitrogen and oxygen atoms in total. The molecule has 0 aliphatic carbocycles. The van der Waals surface area contributed by atoms with E-state index in [0.29, 0.717) is 0 Å². The van der Waals surface area contributed by atoms with Crippen molar-refractivity contribution in [2.24, 2.45) is 0 Å². The number of para-hydroxylation sites is 2. The maximum absolute atomic E-state index is 2.57. The minimum absolute atomic E-state index is 0.156. The van der Waals surface area contributed by atoms with Gasteiger partial charge in [-0.1, -0.05) is 97.1 Å². The molecule has 1 fully saturated rings. The van der Waals surface area contributed by atoms with Crippen LogP contribution in [0.25, 0.3) is 0 Å². The van der Waals surface area contributed by atoms with Crippen molar-refractivity contribution in [3.05, 3.63) is 121 Å². The van der Waals surface area contributed by atoms with Gasteiger partial charge >= 0.3 is 14.0 Å². The van der Waals surface area contributed by atoms with E-state index in [4.69, 9.17) is 0 Å². The van der Waals surface area contributed by atoms with Crippen LogP contribution in [0.2, 0.25) is 0 Å². The van der Waals surface area contributed by atoms with Gasteiger partial charge in [-0.05, 0) is 42.2 Å². The Morgan fingerprint density at radius 3 is 1.16 bits per heavy atom. The van der Waals surface area contributed by atoms with Gasteiger partial charge in [-0.25, -0.2) is 0 Å². The Morgan fingerprint density at radius 2 is 0.806 bits per heavy atom. The van der Waals surface area contributed by atoms with Crippen LogP contribution in [-0.4, -0.2) is 35.6 Å². The molecule has 149 valence electrons. The number of hydrogen-bond acceptors (Lipinski definition) is 3. The van der Waals surface area contributed by atoms with Gasteiger partial charge in [0, 0.05) is 11.4 Å². The summed E-state index contributed by atoms with van der Waals surface area (Å²) in [5.74, 6) is 0. The first-order valence-corrected chi connectivity index (χ1v) is 11.7. The van der Waals surface area contributed by atoms with Crippen molar-refractivity contribution in [1.29, 1.82) is 0 Å². The van der Waals surface area contributed by atoms with E-state index in [9.17, 15) is 0 Å². The number of rotatable bonds is 4. The van der Waals surface area contributed by atoms with Crippen molar-refractivity contribution in [2.75, 3.05) is 16.0 Å². The first-order chi connectivity index (χ1) is 15.3. The molecule has 0 atom stereocenters. The highest BCUT2D eigenvalue weighted by Crippen LogP contribution is 2.25. The van der Waals surface area contributed by atoms with Crippen LogP contribution >= 0.6 is 0 Å². The Labute approximate surface area is 188 Å². The third kappa shape index (κ3) is 3.92. The van der Waals surface area contributed by atoms with E-state index in [1.807, 2.05) is 0 Å². The van der Waals surface area contributed by atoms with E-state index < -0.39 is 0 Å². The molecule has 0 aromatic heterocycles. The Morgan fingerprint density at radius 1 is 0.484 bits per heavy atom. The number of benzene rings is 4. The highest BCUT2D eigenvalue weighted by Gasteiger charge is 2.46. The number of anilines is 2. The lowest BCUT2D eigenvalue weighted by Gasteiger charge is -2.51. The van der Waals surface area contributed by atoms with Gasteiger partial charge < -0.3 is 13.7 Å². The van der Waals surface area contributed by atoms with Crippen LogP contribution in [0.5, 0.6) is 0 Å². The van der Waals surface area contributed by atoms with Crippen LogP contribution in [0.4, 0.5) is 11.4 Å². The fourth-order valence-corrected chi connectivity index (χ4v) is 6.34. The molecule has 1 radical (unpaired) electrons. The van der Waals surface area contributed by atoms with E-state index in [1.165, 1.54) is 22.3 Å². The molecule has 1 heterocycles. The Bertz CT molecular complexity index is 1010. The van der Waals surface area contributed by atoms with Gasteiger partial charge in [0.25, 0.3) is 9.84 Å². The fourth-order valence-electron chi connectivity index (χ4n) is 4.44. The Kier molecular flexibility index (Phi) is 5.65. The molecule has 1 saturated heterocycles. The average Bonchev–Trinajstić information content (AvgIpc) is 2.85. The van der Waals surface area contributed by atoms with Crippen LogP contribution in [0.15, 0.2) is 121 Å². The number of nitrogens with zero attached hydrogens (tertiary/aromatic N) is 3. The summed E-state index contributed by atoms with van der Waals surface area (Å²) in [7, 11) is 2.06. The highest BCUT2D eigenvalue weighted by atomic mass is 28.2. The summed E-state index contributed by atoms with van der Waals surface area (Å²) in [5, 5.41) is 0. The first kappa shape index (κ1) is 19.7. The average molecular weight is 416 g/mol. The molecule has 0 bridgehead atoms. The standard InChI is InChI=1S/C25H24B2N3Si/c1-28-26(22-14-6-2-7-15-22)29(24-18-10-4-11-19-24)31-30(25-20-12-5-13-21-25)27(28)23-16-8-3-9-17-23/h2-21,31H,1H3. The molecular weight excluding hydrogens is 392 g/mol. The van der Waals surface area contributed by atoms with Crippen LogP contribution in [0.1, 0.15) is 0 Å². The number of hydrogen-bond donors (Lipinski definition) is 0. The topological polar surface area (TPSA) is 9.72 Å². The molecule has 0 spiro atoms. The smallest absolute Gasteiger partial charge is 0.361 e. The molecule has 6 heteroatoms. The van der Waals surface area contributed by atoms with E-state index in [2.05, 4.69) is 142 Å². The van der Waals surface area contributed by atoms with Crippen molar-refractivity contribution in [2.45, 2.75) is 0 Å². The lowest BCUT2D eigenvalue weighted by molar-refractivity contribution is 0.798. The molecule has 0 unspecified atom stereocenters. The largest absolute Gasteiger partial charge is 0.412 e. The van der Waals surface area contributed by atoms with Crippen LogP contribution in [0, 0.1) is 0 Å². The third-order valence-electron chi connectivity index (χ3n) is 5.85. The minimum atomic E-state index is -0.194. The van der Waals surface area contributed by atoms with Crippen molar-refractivity contribution in [3.63, 3.8) is 0 Å². The van der Waals surface area contributed by atoms with Gasteiger partial charge in [-0.15, -0.1) is 0 Å². The monoisotopic (exact) mass is 416 g/mol. The van der Waals surface area contributed by atoms with Crippen molar-refractivity contribution in [1.82, 2.24) is 4.72 Å². The van der Waals surface area contributed by atoms with E-state index in [-0.39, 0.29) is 23.8 Å². The van der Waals surface area contributed by atoms with Crippen molar-refractivity contribution >= 4 is 46.1 Å². The summed E-state index contributed by atoms with van der Waals surface area (Å²) < 4.78 is 7.64. The highest BCUT2D eigenvalue weighted by molar-refractivity contribution is 7.01. The second-order valence-electron chi connectivity index (χ2n) is 7.84. The molecule has 4 aromatic rings. The van der Waals surface area contributed by atoms with E-state index in [0.717, 1.165) is 0 Å². The molecule has 31 heavy (non-hydrogen) atoms. The van der Waals surface area contributed by atoms with Crippen LogP contribution < -0.4 is 19.9 Å². The summed E-state index contributed by atoms with van der Waals surface area (Å²) in [6.45, 7) is 0.313. The quantitative estimate of drug-likeness (QED) is 0.474. The molecule has 0 amide bonds. The fraction of sp³-hybridized carbons (Fsp3) is 0.0400. The first-order valence-electron chi connectivity index (χ1n) is 10.7. The van der Waals surface area contributed by atoms with Gasteiger partial charge in [0.2, 0.25) is 0 Å².